The van der Waals surface area contributed by atoms with Gasteiger partial charge in [-0.1, -0.05) is 6.07 Å². The van der Waals surface area contributed by atoms with Crippen molar-refractivity contribution in [1.29, 1.82) is 0 Å². The summed E-state index contributed by atoms with van der Waals surface area (Å²) in [6, 6.07) is 5.13. The van der Waals surface area contributed by atoms with Crippen LogP contribution in [-0.4, -0.2) is 31.6 Å². The Morgan fingerprint density at radius 1 is 1.47 bits per heavy atom. The van der Waals surface area contributed by atoms with Crippen molar-refractivity contribution in [1.82, 2.24) is 4.90 Å². The van der Waals surface area contributed by atoms with Gasteiger partial charge in [0.25, 0.3) is 0 Å². The van der Waals surface area contributed by atoms with Crippen LogP contribution >= 0.6 is 0 Å². The summed E-state index contributed by atoms with van der Waals surface area (Å²) in [7, 11) is 3.50. The van der Waals surface area contributed by atoms with Crippen LogP contribution in [-0.2, 0) is 6.54 Å². The predicted molar refractivity (Wildman–Crippen MR) is 67.6 cm³/mol. The van der Waals surface area contributed by atoms with Gasteiger partial charge < -0.3 is 15.4 Å². The molecular weight excluding hydrogens is 219 g/mol. The third-order valence-corrected chi connectivity index (χ3v) is 2.67. The number of nitrogens with two attached hydrogens (primary N) is 1. The zero-order chi connectivity index (χ0) is 12.8. The molecule has 96 valence electrons. The average Bonchev–Trinajstić information content (AvgIpc) is 2.29. The number of nitrogens with zero attached hydrogens (tertiary/aromatic N) is 1. The molecule has 0 amide bonds. The van der Waals surface area contributed by atoms with E-state index in [9.17, 15) is 4.39 Å². The van der Waals surface area contributed by atoms with E-state index in [0.717, 1.165) is 13.0 Å². The Kier molecular flexibility index (Phi) is 5.38. The van der Waals surface area contributed by atoms with Gasteiger partial charge in [0, 0.05) is 24.2 Å². The second-order valence-electron chi connectivity index (χ2n) is 4.46. The van der Waals surface area contributed by atoms with Gasteiger partial charge in [0.1, 0.15) is 11.6 Å². The molecule has 1 rings (SSSR count). The first-order chi connectivity index (χ1) is 8.02. The molecule has 1 unspecified atom stereocenters. The van der Waals surface area contributed by atoms with E-state index in [1.807, 2.05) is 14.0 Å². The van der Waals surface area contributed by atoms with Gasteiger partial charge >= 0.3 is 0 Å². The van der Waals surface area contributed by atoms with E-state index in [0.29, 0.717) is 17.9 Å². The zero-order valence-corrected chi connectivity index (χ0v) is 10.7. The van der Waals surface area contributed by atoms with Crippen molar-refractivity contribution in [3.05, 3.63) is 29.6 Å². The molecule has 0 aromatic heterocycles. The Balaban J connectivity index is 2.56. The number of hydrogen-bond donors (Lipinski definition) is 1. The lowest BCUT2D eigenvalue weighted by Gasteiger charge is -2.18. The van der Waals surface area contributed by atoms with E-state index in [1.54, 1.807) is 12.1 Å². The largest absolute Gasteiger partial charge is 0.497 e. The highest BCUT2D eigenvalue weighted by molar-refractivity contribution is 5.28. The predicted octanol–water partition coefficient (Wildman–Crippen LogP) is 2.00. The van der Waals surface area contributed by atoms with E-state index in [2.05, 4.69) is 4.90 Å². The molecule has 0 spiro atoms. The van der Waals surface area contributed by atoms with E-state index in [-0.39, 0.29) is 11.9 Å². The summed E-state index contributed by atoms with van der Waals surface area (Å²) in [6.07, 6.45) is 0.911. The van der Waals surface area contributed by atoms with Gasteiger partial charge in [-0.05, 0) is 33.0 Å². The monoisotopic (exact) mass is 240 g/mol. The van der Waals surface area contributed by atoms with E-state index < -0.39 is 0 Å². The minimum Gasteiger partial charge on any atom is -0.497 e. The molecule has 0 aliphatic rings. The number of methoxy groups -OCH3 is 1. The van der Waals surface area contributed by atoms with Crippen LogP contribution in [0.4, 0.5) is 4.39 Å². The number of benzene rings is 1. The van der Waals surface area contributed by atoms with E-state index >= 15 is 0 Å². The molecule has 2 N–H and O–H groups in total. The second kappa shape index (κ2) is 6.57. The quantitative estimate of drug-likeness (QED) is 0.826. The van der Waals surface area contributed by atoms with Gasteiger partial charge in [-0.2, -0.15) is 0 Å². The van der Waals surface area contributed by atoms with Crippen LogP contribution in [0.25, 0.3) is 0 Å². The Morgan fingerprint density at radius 3 is 2.71 bits per heavy atom. The van der Waals surface area contributed by atoms with Crippen molar-refractivity contribution in [2.75, 3.05) is 20.7 Å². The maximum Gasteiger partial charge on any atom is 0.131 e. The fourth-order valence-corrected chi connectivity index (χ4v) is 1.58. The van der Waals surface area contributed by atoms with Crippen molar-refractivity contribution in [2.24, 2.45) is 5.73 Å². The highest BCUT2D eigenvalue weighted by Gasteiger charge is 2.07. The number of halogens is 1. The molecule has 1 aromatic rings. The van der Waals surface area contributed by atoms with E-state index in [4.69, 9.17) is 10.5 Å². The maximum atomic E-state index is 13.7. The fourth-order valence-electron chi connectivity index (χ4n) is 1.58. The molecule has 0 saturated carbocycles. The fraction of sp³-hybridized carbons (Fsp3) is 0.538. The third kappa shape index (κ3) is 4.71. The lowest BCUT2D eigenvalue weighted by atomic mass is 10.2. The molecule has 3 nitrogen and oxygen atoms in total. The molecular formula is C13H21FN2O. The Hall–Kier alpha value is -1.13. The molecule has 0 heterocycles. The smallest absolute Gasteiger partial charge is 0.131 e. The number of hydrogen-bond acceptors (Lipinski definition) is 3. The van der Waals surface area contributed by atoms with Gasteiger partial charge in [-0.15, -0.1) is 0 Å². The maximum absolute atomic E-state index is 13.7. The molecule has 1 atom stereocenters. The summed E-state index contributed by atoms with van der Waals surface area (Å²) in [5, 5.41) is 0. The van der Waals surface area contributed by atoms with Crippen molar-refractivity contribution in [2.45, 2.75) is 25.9 Å². The minimum atomic E-state index is -0.225. The van der Waals surface area contributed by atoms with Gasteiger partial charge in [-0.25, -0.2) is 4.39 Å². The van der Waals surface area contributed by atoms with Crippen LogP contribution in [0.3, 0.4) is 0 Å². The molecule has 0 saturated heterocycles. The SMILES string of the molecule is COc1ccc(CN(C)CCC(C)N)c(F)c1. The molecule has 0 aliphatic carbocycles. The standard InChI is InChI=1S/C13H21FN2O/c1-10(15)6-7-16(2)9-11-4-5-12(17-3)8-13(11)14/h4-5,8,10H,6-7,9,15H2,1-3H3. The Labute approximate surface area is 102 Å². The van der Waals surface area contributed by atoms with Gasteiger partial charge in [0.2, 0.25) is 0 Å². The molecule has 0 aliphatic heterocycles. The summed E-state index contributed by atoms with van der Waals surface area (Å²) >= 11 is 0. The normalized spacial score (nSPS) is 12.8. The Morgan fingerprint density at radius 2 is 2.18 bits per heavy atom. The van der Waals surface area contributed by atoms with Crippen molar-refractivity contribution in [3.8, 4) is 5.75 Å². The van der Waals surface area contributed by atoms with Gasteiger partial charge in [0.15, 0.2) is 0 Å². The second-order valence-corrected chi connectivity index (χ2v) is 4.46. The number of ether oxygens (including phenoxy) is 1. The molecule has 1 aromatic carbocycles. The minimum absolute atomic E-state index is 0.179. The molecule has 17 heavy (non-hydrogen) atoms. The summed E-state index contributed by atoms with van der Waals surface area (Å²) in [4.78, 5) is 2.06. The molecule has 4 heteroatoms. The third-order valence-electron chi connectivity index (χ3n) is 2.67. The summed E-state index contributed by atoms with van der Waals surface area (Å²) in [5.74, 6) is 0.321. The summed E-state index contributed by atoms with van der Waals surface area (Å²) in [5.41, 5.74) is 6.36. The number of rotatable bonds is 6. The molecule has 0 bridgehead atoms. The van der Waals surface area contributed by atoms with Crippen molar-refractivity contribution >= 4 is 0 Å². The Bertz CT molecular complexity index is 355. The lowest BCUT2D eigenvalue weighted by Crippen LogP contribution is -2.26. The first-order valence-electron chi connectivity index (χ1n) is 5.79. The first-order valence-corrected chi connectivity index (χ1v) is 5.79. The van der Waals surface area contributed by atoms with Crippen LogP contribution in [0.2, 0.25) is 0 Å². The van der Waals surface area contributed by atoms with Gasteiger partial charge in [0.05, 0.1) is 7.11 Å². The topological polar surface area (TPSA) is 38.5 Å². The van der Waals surface area contributed by atoms with Crippen LogP contribution in [0.5, 0.6) is 5.75 Å². The van der Waals surface area contributed by atoms with Crippen molar-refractivity contribution in [3.63, 3.8) is 0 Å². The van der Waals surface area contributed by atoms with Crippen LogP contribution in [0.1, 0.15) is 18.9 Å². The van der Waals surface area contributed by atoms with Crippen LogP contribution in [0, 0.1) is 5.82 Å². The molecule has 0 radical (unpaired) electrons. The van der Waals surface area contributed by atoms with Crippen LogP contribution in [0.15, 0.2) is 18.2 Å². The van der Waals surface area contributed by atoms with Gasteiger partial charge in [-0.3, -0.25) is 0 Å². The highest BCUT2D eigenvalue weighted by Crippen LogP contribution is 2.17. The average molecular weight is 240 g/mol. The van der Waals surface area contributed by atoms with E-state index in [1.165, 1.54) is 13.2 Å². The lowest BCUT2D eigenvalue weighted by molar-refractivity contribution is 0.308. The van der Waals surface area contributed by atoms with Crippen molar-refractivity contribution < 1.29 is 9.13 Å². The zero-order valence-electron chi connectivity index (χ0n) is 10.7. The first kappa shape index (κ1) is 13.9. The highest BCUT2D eigenvalue weighted by atomic mass is 19.1. The summed E-state index contributed by atoms with van der Waals surface area (Å²) in [6.45, 7) is 3.42. The van der Waals surface area contributed by atoms with Crippen LogP contribution < -0.4 is 10.5 Å². The summed E-state index contributed by atoms with van der Waals surface area (Å²) < 4.78 is 18.6. The molecule has 0 fully saturated rings.